The molecule has 0 saturated heterocycles. The van der Waals surface area contributed by atoms with Gasteiger partial charge < -0.3 is 9.84 Å². The van der Waals surface area contributed by atoms with Gasteiger partial charge in [-0.2, -0.15) is 0 Å². The highest BCUT2D eigenvalue weighted by molar-refractivity contribution is 5.84. The van der Waals surface area contributed by atoms with E-state index >= 15 is 0 Å². The molecule has 0 heterocycles. The Morgan fingerprint density at radius 3 is 2.38 bits per heavy atom. The number of allylic oxidation sites excluding steroid dienone is 1. The van der Waals surface area contributed by atoms with Crippen LogP contribution in [0.5, 0.6) is 0 Å². The fourth-order valence-corrected chi connectivity index (χ4v) is 9.61. The first-order valence-corrected chi connectivity index (χ1v) is 14.9. The van der Waals surface area contributed by atoms with Crippen LogP contribution < -0.4 is 0 Å². The van der Waals surface area contributed by atoms with Gasteiger partial charge in [0.05, 0.1) is 6.61 Å². The van der Waals surface area contributed by atoms with E-state index in [-0.39, 0.29) is 28.7 Å². The Bertz CT molecular complexity index is 1250. The zero-order valence-corrected chi connectivity index (χ0v) is 23.7. The van der Waals surface area contributed by atoms with Crippen molar-refractivity contribution in [1.82, 2.24) is 0 Å². The summed E-state index contributed by atoms with van der Waals surface area (Å²) in [5.74, 6) is 0.641. The van der Waals surface area contributed by atoms with E-state index in [0.717, 1.165) is 50.5 Å². The Labute approximate surface area is 232 Å². The summed E-state index contributed by atoms with van der Waals surface area (Å²) >= 11 is 0. The smallest absolute Gasteiger partial charge is 0.169 e. The maximum atomic E-state index is 13.5. The molecule has 3 unspecified atom stereocenters. The van der Waals surface area contributed by atoms with Gasteiger partial charge in [-0.1, -0.05) is 68.0 Å². The van der Waals surface area contributed by atoms with Crippen LogP contribution >= 0.6 is 0 Å². The Morgan fingerprint density at radius 1 is 0.949 bits per heavy atom. The monoisotopic (exact) mass is 530 g/mol. The number of fused-ring (bicyclic) bond motifs is 5. The van der Waals surface area contributed by atoms with Crippen LogP contribution in [0.3, 0.4) is 0 Å². The molecule has 0 bridgehead atoms. The zero-order valence-electron chi connectivity index (χ0n) is 23.7. The van der Waals surface area contributed by atoms with Crippen molar-refractivity contribution in [2.45, 2.75) is 91.0 Å². The van der Waals surface area contributed by atoms with Crippen LogP contribution in [0.2, 0.25) is 0 Å². The largest absolute Gasteiger partial charge is 0.365 e. The van der Waals surface area contributed by atoms with Crippen LogP contribution in [0.1, 0.15) is 83.3 Å². The van der Waals surface area contributed by atoms with Crippen molar-refractivity contribution in [2.75, 3.05) is 0 Å². The second-order valence-electron chi connectivity index (χ2n) is 13.6. The molecule has 0 spiro atoms. The molecule has 4 aliphatic carbocycles. The first-order valence-electron chi connectivity index (χ1n) is 14.9. The van der Waals surface area contributed by atoms with E-state index in [1.165, 1.54) is 23.3 Å². The van der Waals surface area contributed by atoms with Crippen molar-refractivity contribution in [3.63, 3.8) is 0 Å². The predicted octanol–water partition coefficient (Wildman–Crippen LogP) is 7.81. The molecule has 2 aromatic carbocycles. The number of aliphatic hydroxyl groups is 1. The van der Waals surface area contributed by atoms with Crippen LogP contribution in [-0.4, -0.2) is 16.7 Å². The number of rotatable bonds is 6. The number of benzene rings is 2. The molecule has 3 nitrogen and oxygen atoms in total. The molecule has 3 fully saturated rings. The Balaban J connectivity index is 1.22. The summed E-state index contributed by atoms with van der Waals surface area (Å²) in [5.41, 5.74) is 3.30. The molecule has 0 amide bonds. The molecule has 4 aliphatic rings. The first kappa shape index (κ1) is 26.9. The van der Waals surface area contributed by atoms with E-state index in [1.54, 1.807) is 12.1 Å². The molecule has 0 radical (unpaired) electrons. The number of ketones is 1. The fraction of sp³-hybridized carbons (Fsp3) is 0.571. The minimum atomic E-state index is -1.18. The van der Waals surface area contributed by atoms with Crippen molar-refractivity contribution in [3.05, 3.63) is 83.2 Å². The zero-order chi connectivity index (χ0) is 27.5. The Hall–Kier alpha value is -2.30. The summed E-state index contributed by atoms with van der Waals surface area (Å²) in [6.45, 7) is 6.99. The highest BCUT2D eigenvalue weighted by Gasteiger charge is 2.65. The lowest BCUT2D eigenvalue weighted by Gasteiger charge is -2.60. The Morgan fingerprint density at radius 2 is 1.67 bits per heavy atom. The molecule has 7 atom stereocenters. The van der Waals surface area contributed by atoms with Crippen molar-refractivity contribution in [3.8, 4) is 0 Å². The molecule has 0 aliphatic heterocycles. The molecule has 1 N–H and O–H groups in total. The van der Waals surface area contributed by atoms with Gasteiger partial charge in [0.25, 0.3) is 0 Å². The van der Waals surface area contributed by atoms with Crippen molar-refractivity contribution in [1.29, 1.82) is 0 Å². The number of carbonyl (C=O) groups excluding carboxylic acids is 1. The summed E-state index contributed by atoms with van der Waals surface area (Å²) < 4.78 is 19.4. The molecule has 6 rings (SSSR count). The van der Waals surface area contributed by atoms with Crippen LogP contribution in [0.4, 0.5) is 4.39 Å². The molecular weight excluding hydrogens is 487 g/mol. The van der Waals surface area contributed by atoms with E-state index in [9.17, 15) is 14.3 Å². The van der Waals surface area contributed by atoms with Crippen LogP contribution in [0, 0.1) is 39.8 Å². The summed E-state index contributed by atoms with van der Waals surface area (Å²) in [6.07, 6.45) is 10.7. The van der Waals surface area contributed by atoms with Crippen molar-refractivity contribution in [2.24, 2.45) is 34.0 Å². The van der Waals surface area contributed by atoms with E-state index in [0.29, 0.717) is 36.4 Å². The first-order chi connectivity index (χ1) is 18.6. The SMILES string of the molecule is CC(=O)[C@]1(Cc2ccccc2)CCC2C3CC=C4C[C@@](O)(OCc5ccc(F)cc5)CC[C@]4(C)C3CC[C@@]21C. The lowest BCUT2D eigenvalue weighted by molar-refractivity contribution is -0.231. The van der Waals surface area contributed by atoms with Gasteiger partial charge in [-0.25, -0.2) is 4.39 Å². The van der Waals surface area contributed by atoms with Crippen LogP contribution in [0.25, 0.3) is 0 Å². The fourth-order valence-electron chi connectivity index (χ4n) is 9.61. The second-order valence-corrected chi connectivity index (χ2v) is 13.6. The highest BCUT2D eigenvalue weighted by Crippen LogP contribution is 2.70. The van der Waals surface area contributed by atoms with E-state index in [1.807, 2.05) is 6.92 Å². The number of Topliss-reactive ketones (excluding diaryl/α,β-unsaturated/α-hetero) is 1. The van der Waals surface area contributed by atoms with Gasteiger partial charge in [0.1, 0.15) is 11.6 Å². The molecule has 3 saturated carbocycles. The molecule has 0 aromatic heterocycles. The molecule has 39 heavy (non-hydrogen) atoms. The van der Waals surface area contributed by atoms with Gasteiger partial charge in [0, 0.05) is 18.3 Å². The standard InChI is InChI=1S/C35H43FO3/c1-24(37)34(21-25-7-5-4-6-8-25)18-16-31-29-14-11-27-22-35(38,39-23-26-9-12-28(36)13-10-26)20-19-32(27,2)30(29)15-17-33(31,34)3/h4-13,29-31,38H,14-23H2,1-3H3/t29?,30?,31?,32-,33-,34+,35-/m0/s1. The number of hydrogen-bond donors (Lipinski definition) is 1. The minimum absolute atomic E-state index is 0.0191. The summed E-state index contributed by atoms with van der Waals surface area (Å²) in [4.78, 5) is 13.5. The highest BCUT2D eigenvalue weighted by atomic mass is 19.1. The van der Waals surface area contributed by atoms with Gasteiger partial charge in [-0.05, 0) is 104 Å². The number of ether oxygens (including phenoxy) is 1. The van der Waals surface area contributed by atoms with Gasteiger partial charge >= 0.3 is 0 Å². The van der Waals surface area contributed by atoms with Crippen LogP contribution in [-0.2, 0) is 22.6 Å². The van der Waals surface area contributed by atoms with Gasteiger partial charge in [-0.15, -0.1) is 0 Å². The minimum Gasteiger partial charge on any atom is -0.365 e. The van der Waals surface area contributed by atoms with Crippen molar-refractivity contribution < 1.29 is 19.0 Å². The number of hydrogen-bond acceptors (Lipinski definition) is 3. The normalized spacial score (nSPS) is 39.3. The van der Waals surface area contributed by atoms with E-state index < -0.39 is 5.79 Å². The molecular formula is C35H43FO3. The maximum absolute atomic E-state index is 13.5. The van der Waals surface area contributed by atoms with Gasteiger partial charge in [-0.3, -0.25) is 4.79 Å². The van der Waals surface area contributed by atoms with Crippen molar-refractivity contribution >= 4 is 5.78 Å². The number of halogens is 1. The maximum Gasteiger partial charge on any atom is 0.169 e. The number of carbonyl (C=O) groups is 1. The second kappa shape index (κ2) is 9.66. The summed E-state index contributed by atoms with van der Waals surface area (Å²) in [5, 5.41) is 11.4. The van der Waals surface area contributed by atoms with Gasteiger partial charge in [0.15, 0.2) is 5.79 Å². The third kappa shape index (κ3) is 4.34. The van der Waals surface area contributed by atoms with E-state index in [2.05, 4.69) is 50.3 Å². The quantitative estimate of drug-likeness (QED) is 0.306. The summed E-state index contributed by atoms with van der Waals surface area (Å²) in [7, 11) is 0. The lowest BCUT2D eigenvalue weighted by Crippen LogP contribution is -2.55. The molecule has 2 aromatic rings. The summed E-state index contributed by atoms with van der Waals surface area (Å²) in [6, 6.07) is 16.9. The van der Waals surface area contributed by atoms with E-state index in [4.69, 9.17) is 4.74 Å². The average Bonchev–Trinajstić information content (AvgIpc) is 3.23. The Kier molecular flexibility index (Phi) is 6.66. The van der Waals surface area contributed by atoms with Crippen LogP contribution in [0.15, 0.2) is 66.2 Å². The third-order valence-electron chi connectivity index (χ3n) is 11.9. The third-order valence-corrected chi connectivity index (χ3v) is 11.9. The molecule has 4 heteroatoms. The topological polar surface area (TPSA) is 46.5 Å². The van der Waals surface area contributed by atoms with Gasteiger partial charge in [0.2, 0.25) is 0 Å². The molecule has 208 valence electrons. The lowest BCUT2D eigenvalue weighted by atomic mass is 9.44. The average molecular weight is 531 g/mol. The predicted molar refractivity (Wildman–Crippen MR) is 151 cm³/mol.